The first-order valence-corrected chi connectivity index (χ1v) is 10.3. The van der Waals surface area contributed by atoms with Crippen molar-refractivity contribution in [3.8, 4) is 0 Å². The zero-order chi connectivity index (χ0) is 19.2. The van der Waals surface area contributed by atoms with E-state index in [-0.39, 0.29) is 10.8 Å². The van der Waals surface area contributed by atoms with Crippen molar-refractivity contribution in [3.63, 3.8) is 0 Å². The number of aryl methyl sites for hydroxylation is 2. The van der Waals surface area contributed by atoms with Crippen LogP contribution >= 0.6 is 0 Å². The summed E-state index contributed by atoms with van der Waals surface area (Å²) in [4.78, 5) is 12.4. The molecule has 0 aromatic heterocycles. The zero-order valence-electron chi connectivity index (χ0n) is 15.5. The van der Waals surface area contributed by atoms with Gasteiger partial charge in [-0.2, -0.15) is 0 Å². The van der Waals surface area contributed by atoms with E-state index in [9.17, 15) is 13.2 Å². The normalized spacial score (nSPS) is 11.2. The van der Waals surface area contributed by atoms with Crippen LogP contribution in [0.1, 0.15) is 47.7 Å². The average Bonchev–Trinajstić information content (AvgIpc) is 2.60. The standard InChI is InChI=1S/C20H26N2O3S/c1-4-5-8-13-21-20(23)17-12-11-16(3)19(14-17)26(24,25)22-18-10-7-6-9-15(18)2/h6-7,9-12,14,22H,4-5,8,13H2,1-3H3,(H,21,23). The molecule has 5 nitrogen and oxygen atoms in total. The van der Waals surface area contributed by atoms with Gasteiger partial charge in [-0.3, -0.25) is 9.52 Å². The van der Waals surface area contributed by atoms with Gasteiger partial charge in [0.15, 0.2) is 0 Å². The molecule has 0 unspecified atom stereocenters. The van der Waals surface area contributed by atoms with Crippen molar-refractivity contribution in [2.75, 3.05) is 11.3 Å². The summed E-state index contributed by atoms with van der Waals surface area (Å²) >= 11 is 0. The maximum absolute atomic E-state index is 12.8. The number of amides is 1. The minimum atomic E-state index is -3.78. The molecule has 2 rings (SSSR count). The Morgan fingerprint density at radius 2 is 1.73 bits per heavy atom. The number of anilines is 1. The first-order chi connectivity index (χ1) is 12.3. The Balaban J connectivity index is 2.23. The zero-order valence-corrected chi connectivity index (χ0v) is 16.3. The Hall–Kier alpha value is -2.34. The van der Waals surface area contributed by atoms with Crippen LogP contribution in [0, 0.1) is 13.8 Å². The van der Waals surface area contributed by atoms with Crippen molar-refractivity contribution < 1.29 is 13.2 Å². The van der Waals surface area contributed by atoms with E-state index in [2.05, 4.69) is 17.0 Å². The first-order valence-electron chi connectivity index (χ1n) is 8.82. The molecule has 0 aliphatic carbocycles. The lowest BCUT2D eigenvalue weighted by Gasteiger charge is -2.13. The van der Waals surface area contributed by atoms with E-state index in [0.717, 1.165) is 24.8 Å². The van der Waals surface area contributed by atoms with Gasteiger partial charge in [0.25, 0.3) is 15.9 Å². The average molecular weight is 375 g/mol. The third kappa shape index (κ3) is 5.08. The van der Waals surface area contributed by atoms with Crippen LogP contribution in [0.25, 0.3) is 0 Å². The highest BCUT2D eigenvalue weighted by Gasteiger charge is 2.20. The molecule has 0 spiro atoms. The molecule has 0 heterocycles. The molecule has 140 valence electrons. The fraction of sp³-hybridized carbons (Fsp3) is 0.350. The summed E-state index contributed by atoms with van der Waals surface area (Å²) < 4.78 is 28.2. The fourth-order valence-corrected chi connectivity index (χ4v) is 4.00. The van der Waals surface area contributed by atoms with E-state index >= 15 is 0 Å². The van der Waals surface area contributed by atoms with E-state index in [4.69, 9.17) is 0 Å². The molecule has 0 fully saturated rings. The number of carbonyl (C=O) groups is 1. The Kier molecular flexibility index (Phi) is 6.80. The van der Waals surface area contributed by atoms with E-state index in [0.29, 0.717) is 23.4 Å². The van der Waals surface area contributed by atoms with Gasteiger partial charge in [-0.15, -0.1) is 0 Å². The molecule has 0 saturated carbocycles. The molecule has 0 saturated heterocycles. The summed E-state index contributed by atoms with van der Waals surface area (Å²) in [5.74, 6) is -0.256. The van der Waals surface area contributed by atoms with Gasteiger partial charge in [-0.25, -0.2) is 8.42 Å². The highest BCUT2D eigenvalue weighted by Crippen LogP contribution is 2.22. The molecule has 2 aromatic carbocycles. The van der Waals surface area contributed by atoms with Gasteiger partial charge in [0.1, 0.15) is 0 Å². The molecule has 0 bridgehead atoms. The van der Waals surface area contributed by atoms with Crippen LogP contribution in [0.5, 0.6) is 0 Å². The van der Waals surface area contributed by atoms with Crippen molar-refractivity contribution in [1.82, 2.24) is 5.32 Å². The summed E-state index contributed by atoms with van der Waals surface area (Å²) in [6.07, 6.45) is 3.04. The molecule has 0 radical (unpaired) electrons. The molecule has 0 aliphatic heterocycles. The minimum absolute atomic E-state index is 0.113. The molecular formula is C20H26N2O3S. The number of carbonyl (C=O) groups excluding carboxylic acids is 1. The van der Waals surface area contributed by atoms with Crippen molar-refractivity contribution in [1.29, 1.82) is 0 Å². The molecule has 0 aliphatic rings. The number of benzene rings is 2. The molecule has 1 amide bonds. The van der Waals surface area contributed by atoms with Crippen molar-refractivity contribution >= 4 is 21.6 Å². The highest BCUT2D eigenvalue weighted by atomic mass is 32.2. The van der Waals surface area contributed by atoms with Crippen LogP contribution < -0.4 is 10.0 Å². The summed E-state index contributed by atoms with van der Waals surface area (Å²) in [5, 5.41) is 2.84. The molecule has 2 N–H and O–H groups in total. The number of unbranched alkanes of at least 4 members (excludes halogenated alkanes) is 2. The Labute approximate surface area is 155 Å². The van der Waals surface area contributed by atoms with E-state index < -0.39 is 10.0 Å². The van der Waals surface area contributed by atoms with Gasteiger partial charge in [0, 0.05) is 12.1 Å². The van der Waals surface area contributed by atoms with Gasteiger partial charge in [0.05, 0.1) is 10.6 Å². The summed E-state index contributed by atoms with van der Waals surface area (Å²) in [6.45, 7) is 6.24. The second-order valence-electron chi connectivity index (χ2n) is 6.36. The lowest BCUT2D eigenvalue weighted by Crippen LogP contribution is -2.25. The Bertz CT molecular complexity index is 876. The van der Waals surface area contributed by atoms with Gasteiger partial charge in [-0.05, 0) is 49.6 Å². The molecule has 0 atom stereocenters. The van der Waals surface area contributed by atoms with Crippen LogP contribution in [0.3, 0.4) is 0 Å². The highest BCUT2D eigenvalue weighted by molar-refractivity contribution is 7.92. The SMILES string of the molecule is CCCCCNC(=O)c1ccc(C)c(S(=O)(=O)Nc2ccccc2C)c1. The van der Waals surface area contributed by atoms with Crippen molar-refractivity contribution in [2.24, 2.45) is 0 Å². The lowest BCUT2D eigenvalue weighted by atomic mass is 10.1. The molecule has 26 heavy (non-hydrogen) atoms. The van der Waals surface area contributed by atoms with E-state index in [1.807, 2.05) is 19.1 Å². The van der Waals surface area contributed by atoms with Gasteiger partial charge in [0.2, 0.25) is 0 Å². The Morgan fingerprint density at radius 3 is 2.42 bits per heavy atom. The summed E-state index contributed by atoms with van der Waals surface area (Å²) in [6, 6.07) is 11.9. The number of hydrogen-bond donors (Lipinski definition) is 2. The van der Waals surface area contributed by atoms with Crippen LogP contribution in [0.15, 0.2) is 47.4 Å². The lowest BCUT2D eigenvalue weighted by molar-refractivity contribution is 0.0952. The Morgan fingerprint density at radius 1 is 1.00 bits per heavy atom. The molecule has 6 heteroatoms. The minimum Gasteiger partial charge on any atom is -0.352 e. The smallest absolute Gasteiger partial charge is 0.262 e. The maximum atomic E-state index is 12.8. The first kappa shape index (κ1) is 20.0. The number of rotatable bonds is 8. The quantitative estimate of drug-likeness (QED) is 0.685. The molecule has 2 aromatic rings. The number of sulfonamides is 1. The van der Waals surface area contributed by atoms with Crippen molar-refractivity contribution in [3.05, 3.63) is 59.2 Å². The van der Waals surface area contributed by atoms with Crippen molar-refractivity contribution in [2.45, 2.75) is 44.9 Å². The van der Waals surface area contributed by atoms with E-state index in [1.54, 1.807) is 31.2 Å². The third-order valence-corrected chi connectivity index (χ3v) is 5.70. The van der Waals surface area contributed by atoms with Crippen LogP contribution in [0.4, 0.5) is 5.69 Å². The van der Waals surface area contributed by atoms with Gasteiger partial charge < -0.3 is 5.32 Å². The molecular weight excluding hydrogens is 348 g/mol. The predicted octanol–water partition coefficient (Wildman–Crippen LogP) is 4.02. The van der Waals surface area contributed by atoms with E-state index in [1.165, 1.54) is 6.07 Å². The third-order valence-electron chi connectivity index (χ3n) is 4.20. The van der Waals surface area contributed by atoms with Crippen LogP contribution in [-0.4, -0.2) is 20.9 Å². The monoisotopic (exact) mass is 374 g/mol. The summed E-state index contributed by atoms with van der Waals surface area (Å²) in [7, 11) is -3.78. The largest absolute Gasteiger partial charge is 0.352 e. The predicted molar refractivity (Wildman–Crippen MR) is 105 cm³/mol. The fourth-order valence-electron chi connectivity index (χ4n) is 2.60. The van der Waals surface area contributed by atoms with Gasteiger partial charge >= 0.3 is 0 Å². The van der Waals surface area contributed by atoms with Gasteiger partial charge in [-0.1, -0.05) is 44.0 Å². The summed E-state index contributed by atoms with van der Waals surface area (Å²) in [5.41, 5.74) is 2.30. The number of hydrogen-bond acceptors (Lipinski definition) is 3. The second kappa shape index (κ2) is 8.85. The number of para-hydroxylation sites is 1. The number of nitrogens with one attached hydrogen (secondary N) is 2. The second-order valence-corrected chi connectivity index (χ2v) is 8.01. The van der Waals surface area contributed by atoms with Crippen LogP contribution in [0.2, 0.25) is 0 Å². The van der Waals surface area contributed by atoms with Crippen LogP contribution in [-0.2, 0) is 10.0 Å². The maximum Gasteiger partial charge on any atom is 0.262 e. The topological polar surface area (TPSA) is 75.3 Å².